The minimum atomic E-state index is 0.178. The molecule has 0 amide bonds. The molecule has 1 heterocycles. The first-order valence-corrected chi connectivity index (χ1v) is 15.3. The summed E-state index contributed by atoms with van der Waals surface area (Å²) in [5.41, 5.74) is 0.178. The van der Waals surface area contributed by atoms with E-state index < -0.39 is 0 Å². The van der Waals surface area contributed by atoms with Crippen LogP contribution in [0.2, 0.25) is 0 Å². The first kappa shape index (κ1) is 31.9. The molecule has 1 rings (SSSR count). The molecule has 34 heavy (non-hydrogen) atoms. The van der Waals surface area contributed by atoms with Crippen LogP contribution >= 0.6 is 0 Å². The van der Waals surface area contributed by atoms with Crippen LogP contribution in [0.25, 0.3) is 0 Å². The molecule has 4 heteroatoms. The van der Waals surface area contributed by atoms with Crippen LogP contribution in [-0.2, 0) is 0 Å². The van der Waals surface area contributed by atoms with E-state index in [2.05, 4.69) is 68.9 Å². The molecule has 4 nitrogen and oxygen atoms in total. The van der Waals surface area contributed by atoms with Gasteiger partial charge in [0.15, 0.2) is 0 Å². The summed E-state index contributed by atoms with van der Waals surface area (Å²) in [4.78, 5) is 5.57. The third-order valence-electron chi connectivity index (χ3n) is 8.07. The van der Waals surface area contributed by atoms with Crippen LogP contribution in [0.1, 0.15) is 126 Å². The summed E-state index contributed by atoms with van der Waals surface area (Å²) < 4.78 is 0. The van der Waals surface area contributed by atoms with E-state index in [1.54, 1.807) is 0 Å². The molecule has 2 N–H and O–H groups in total. The standard InChI is InChI=1S/C30H64N4/c1-8-13-16-17-27(6)31-20-21-32-30(7)24-33(22-28(11-4)18-14-9-2)26-34(25-30)23-29(12-5)19-15-10-3/h27-29,31-32H,8-26H2,1-7H3. The van der Waals surface area contributed by atoms with E-state index in [0.717, 1.165) is 31.6 Å². The van der Waals surface area contributed by atoms with Crippen LogP contribution in [0.15, 0.2) is 0 Å². The fourth-order valence-electron chi connectivity index (χ4n) is 5.83. The van der Waals surface area contributed by atoms with Crippen LogP contribution < -0.4 is 10.6 Å². The van der Waals surface area contributed by atoms with E-state index in [-0.39, 0.29) is 5.54 Å². The molecule has 1 aliphatic heterocycles. The first-order chi connectivity index (χ1) is 16.4. The molecule has 1 aliphatic rings. The molecule has 0 spiro atoms. The zero-order valence-corrected chi connectivity index (χ0v) is 24.6. The van der Waals surface area contributed by atoms with Crippen molar-refractivity contribution in [2.45, 2.75) is 137 Å². The molecular formula is C30H64N4. The second-order valence-corrected chi connectivity index (χ2v) is 11.8. The van der Waals surface area contributed by atoms with Crippen molar-refractivity contribution >= 4 is 0 Å². The Balaban J connectivity index is 2.68. The van der Waals surface area contributed by atoms with E-state index >= 15 is 0 Å². The summed E-state index contributed by atoms with van der Waals surface area (Å²) in [7, 11) is 0. The number of rotatable bonds is 21. The largest absolute Gasteiger partial charge is 0.313 e. The lowest BCUT2D eigenvalue weighted by atomic mass is 9.93. The highest BCUT2D eigenvalue weighted by molar-refractivity contribution is 4.94. The molecule has 0 saturated carbocycles. The second-order valence-electron chi connectivity index (χ2n) is 11.8. The molecule has 1 fully saturated rings. The van der Waals surface area contributed by atoms with Gasteiger partial charge in [-0.15, -0.1) is 0 Å². The molecule has 0 bridgehead atoms. The Labute approximate surface area is 215 Å². The highest BCUT2D eigenvalue weighted by atomic mass is 15.4. The maximum atomic E-state index is 4.00. The molecular weight excluding hydrogens is 416 g/mol. The van der Waals surface area contributed by atoms with Crippen LogP contribution in [0, 0.1) is 11.8 Å². The molecule has 3 atom stereocenters. The summed E-state index contributed by atoms with van der Waals surface area (Å²) in [6.07, 6.45) is 16.1. The Hall–Kier alpha value is -0.160. The summed E-state index contributed by atoms with van der Waals surface area (Å²) in [5.74, 6) is 1.69. The Morgan fingerprint density at radius 2 is 1.24 bits per heavy atom. The van der Waals surface area contributed by atoms with Crippen molar-refractivity contribution in [3.05, 3.63) is 0 Å². The third kappa shape index (κ3) is 13.8. The van der Waals surface area contributed by atoms with Crippen molar-refractivity contribution in [1.82, 2.24) is 20.4 Å². The highest BCUT2D eigenvalue weighted by Gasteiger charge is 2.35. The van der Waals surface area contributed by atoms with Gasteiger partial charge in [0.05, 0.1) is 6.67 Å². The first-order valence-electron chi connectivity index (χ1n) is 15.3. The van der Waals surface area contributed by atoms with E-state index in [4.69, 9.17) is 0 Å². The van der Waals surface area contributed by atoms with Gasteiger partial charge in [0.2, 0.25) is 0 Å². The number of nitrogens with one attached hydrogen (secondary N) is 2. The summed E-state index contributed by atoms with van der Waals surface area (Å²) in [5, 5.41) is 7.76. The van der Waals surface area contributed by atoms with Crippen molar-refractivity contribution < 1.29 is 0 Å². The van der Waals surface area contributed by atoms with Gasteiger partial charge < -0.3 is 10.6 Å². The lowest BCUT2D eigenvalue weighted by Crippen LogP contribution is -2.65. The van der Waals surface area contributed by atoms with Gasteiger partial charge in [-0.2, -0.15) is 0 Å². The van der Waals surface area contributed by atoms with Crippen LogP contribution in [-0.4, -0.2) is 67.3 Å². The van der Waals surface area contributed by atoms with Gasteiger partial charge in [-0.05, 0) is 44.9 Å². The van der Waals surface area contributed by atoms with Crippen LogP contribution in [0.3, 0.4) is 0 Å². The van der Waals surface area contributed by atoms with Gasteiger partial charge >= 0.3 is 0 Å². The fraction of sp³-hybridized carbons (Fsp3) is 1.00. The fourth-order valence-corrected chi connectivity index (χ4v) is 5.83. The molecule has 0 aromatic heterocycles. The molecule has 0 radical (unpaired) electrons. The van der Waals surface area contributed by atoms with Crippen molar-refractivity contribution in [3.63, 3.8) is 0 Å². The maximum absolute atomic E-state index is 4.00. The highest BCUT2D eigenvalue weighted by Crippen LogP contribution is 2.23. The lowest BCUT2D eigenvalue weighted by Gasteiger charge is -2.48. The van der Waals surface area contributed by atoms with Gasteiger partial charge in [0, 0.05) is 50.8 Å². The predicted octanol–water partition coefficient (Wildman–Crippen LogP) is 6.90. The quantitative estimate of drug-likeness (QED) is 0.175. The zero-order valence-electron chi connectivity index (χ0n) is 24.6. The Bertz CT molecular complexity index is 443. The van der Waals surface area contributed by atoms with Crippen LogP contribution in [0.4, 0.5) is 0 Å². The van der Waals surface area contributed by atoms with Crippen molar-refractivity contribution in [3.8, 4) is 0 Å². The summed E-state index contributed by atoms with van der Waals surface area (Å²) >= 11 is 0. The van der Waals surface area contributed by atoms with Crippen molar-refractivity contribution in [2.24, 2.45) is 11.8 Å². The van der Waals surface area contributed by atoms with E-state index in [1.807, 2.05) is 0 Å². The van der Waals surface area contributed by atoms with Gasteiger partial charge in [-0.25, -0.2) is 0 Å². The Kier molecular flexibility index (Phi) is 17.8. The zero-order chi connectivity index (χ0) is 25.2. The molecule has 0 aromatic carbocycles. The number of unbranched alkanes of at least 4 members (excludes halogenated alkanes) is 4. The van der Waals surface area contributed by atoms with Crippen molar-refractivity contribution in [2.75, 3.05) is 45.9 Å². The van der Waals surface area contributed by atoms with E-state index in [0.29, 0.717) is 6.04 Å². The third-order valence-corrected chi connectivity index (χ3v) is 8.07. The monoisotopic (exact) mass is 481 g/mol. The summed E-state index contributed by atoms with van der Waals surface area (Å²) in [6.45, 7) is 24.8. The summed E-state index contributed by atoms with van der Waals surface area (Å²) in [6, 6.07) is 0.633. The topological polar surface area (TPSA) is 30.5 Å². The molecule has 3 unspecified atom stereocenters. The van der Waals surface area contributed by atoms with Crippen molar-refractivity contribution in [1.29, 1.82) is 0 Å². The van der Waals surface area contributed by atoms with E-state index in [1.165, 1.54) is 103 Å². The number of hydrogen-bond acceptors (Lipinski definition) is 4. The SMILES string of the molecule is CCCCCC(C)NCCNC1(C)CN(CC(CC)CCCC)CN(CC(CC)CCCC)C1. The average molecular weight is 481 g/mol. The maximum Gasteiger partial charge on any atom is 0.0507 e. The minimum absolute atomic E-state index is 0.178. The van der Waals surface area contributed by atoms with Crippen LogP contribution in [0.5, 0.6) is 0 Å². The smallest absolute Gasteiger partial charge is 0.0507 e. The van der Waals surface area contributed by atoms with E-state index in [9.17, 15) is 0 Å². The predicted molar refractivity (Wildman–Crippen MR) is 153 cm³/mol. The normalized spacial score (nSPS) is 22.7. The van der Waals surface area contributed by atoms with Gasteiger partial charge in [0.1, 0.15) is 0 Å². The Morgan fingerprint density at radius 1 is 0.706 bits per heavy atom. The Morgan fingerprint density at radius 3 is 1.71 bits per heavy atom. The van der Waals surface area contributed by atoms with Gasteiger partial charge in [0.25, 0.3) is 0 Å². The molecule has 0 aromatic rings. The number of nitrogens with zero attached hydrogens (tertiary/aromatic N) is 2. The van der Waals surface area contributed by atoms with Gasteiger partial charge in [-0.3, -0.25) is 9.80 Å². The second kappa shape index (κ2) is 19.0. The van der Waals surface area contributed by atoms with Gasteiger partial charge in [-0.1, -0.05) is 92.4 Å². The molecule has 0 aliphatic carbocycles. The number of hydrogen-bond donors (Lipinski definition) is 2. The average Bonchev–Trinajstić information content (AvgIpc) is 2.82. The minimum Gasteiger partial charge on any atom is -0.313 e. The lowest BCUT2D eigenvalue weighted by molar-refractivity contribution is 0.00515. The molecule has 1 saturated heterocycles. The molecule has 204 valence electrons.